The Labute approximate surface area is 149 Å². The quantitative estimate of drug-likeness (QED) is 0.499. The van der Waals surface area contributed by atoms with Gasteiger partial charge in [-0.3, -0.25) is 15.0 Å². The fourth-order valence-electron chi connectivity index (χ4n) is 2.47. The first-order valence-corrected chi connectivity index (χ1v) is 7.93. The molecule has 0 unspecified atom stereocenters. The molecule has 1 fully saturated rings. The van der Waals surface area contributed by atoms with Gasteiger partial charge in [-0.05, 0) is 43.3 Å². The molecule has 2 N–H and O–H groups in total. The van der Waals surface area contributed by atoms with Gasteiger partial charge >= 0.3 is 5.97 Å². The van der Waals surface area contributed by atoms with Gasteiger partial charge in [0.25, 0.3) is 11.8 Å². The number of carbonyl (C=O) groups excluding carboxylic acids is 3. The van der Waals surface area contributed by atoms with Crippen molar-refractivity contribution in [3.05, 3.63) is 65.2 Å². The van der Waals surface area contributed by atoms with Gasteiger partial charge in [0.05, 0.1) is 17.9 Å². The number of para-hydroxylation sites is 1. The van der Waals surface area contributed by atoms with Crippen molar-refractivity contribution in [1.29, 1.82) is 0 Å². The Kier molecular flexibility index (Phi) is 4.70. The molecule has 0 spiro atoms. The largest absolute Gasteiger partial charge is 0.507 e. The maximum absolute atomic E-state index is 12.6. The third-order valence-corrected chi connectivity index (χ3v) is 3.76. The molecule has 0 bridgehead atoms. The van der Waals surface area contributed by atoms with Crippen LogP contribution in [0.3, 0.4) is 0 Å². The monoisotopic (exact) mass is 352 g/mol. The number of benzene rings is 2. The number of anilines is 1. The van der Waals surface area contributed by atoms with Crippen molar-refractivity contribution in [2.24, 2.45) is 0 Å². The normalized spacial score (nSPS) is 15.3. The van der Waals surface area contributed by atoms with E-state index in [0.29, 0.717) is 16.8 Å². The van der Waals surface area contributed by atoms with Gasteiger partial charge < -0.3 is 9.84 Å². The van der Waals surface area contributed by atoms with Crippen molar-refractivity contribution in [3.63, 3.8) is 0 Å². The van der Waals surface area contributed by atoms with E-state index in [-0.39, 0.29) is 17.9 Å². The summed E-state index contributed by atoms with van der Waals surface area (Å²) in [5.41, 5.74) is 3.48. The molecule has 0 saturated carbocycles. The number of hydrogen-bond donors (Lipinski definition) is 2. The van der Waals surface area contributed by atoms with Crippen LogP contribution in [0.2, 0.25) is 0 Å². The molecule has 7 nitrogen and oxygen atoms in total. The molecule has 1 aliphatic heterocycles. The van der Waals surface area contributed by atoms with E-state index in [0.717, 1.165) is 5.01 Å². The summed E-state index contributed by atoms with van der Waals surface area (Å²) >= 11 is 0. The van der Waals surface area contributed by atoms with Gasteiger partial charge in [-0.2, -0.15) is 0 Å². The number of aromatic hydroxyl groups is 1. The van der Waals surface area contributed by atoms with Crippen molar-refractivity contribution in [3.8, 4) is 5.75 Å². The third kappa shape index (κ3) is 3.27. The lowest BCUT2D eigenvalue weighted by Gasteiger charge is -2.14. The summed E-state index contributed by atoms with van der Waals surface area (Å²) in [4.78, 5) is 36.4. The van der Waals surface area contributed by atoms with Gasteiger partial charge in [-0.25, -0.2) is 9.80 Å². The van der Waals surface area contributed by atoms with Crippen LogP contribution in [0.25, 0.3) is 6.08 Å². The second kappa shape index (κ2) is 7.10. The summed E-state index contributed by atoms with van der Waals surface area (Å²) in [7, 11) is 0. The zero-order valence-corrected chi connectivity index (χ0v) is 13.9. The molecule has 1 aliphatic rings. The first-order chi connectivity index (χ1) is 12.5. The van der Waals surface area contributed by atoms with Gasteiger partial charge in [-0.15, -0.1) is 0 Å². The van der Waals surface area contributed by atoms with E-state index in [4.69, 9.17) is 4.74 Å². The topological polar surface area (TPSA) is 95.9 Å². The number of rotatable bonds is 4. The summed E-state index contributed by atoms with van der Waals surface area (Å²) < 4.78 is 4.90. The smallest absolute Gasteiger partial charge is 0.338 e. The molecule has 26 heavy (non-hydrogen) atoms. The van der Waals surface area contributed by atoms with Gasteiger partial charge in [0.2, 0.25) is 0 Å². The lowest BCUT2D eigenvalue weighted by Crippen LogP contribution is -2.35. The fourth-order valence-corrected chi connectivity index (χ4v) is 2.47. The van der Waals surface area contributed by atoms with Crippen molar-refractivity contribution < 1.29 is 24.2 Å². The Morgan fingerprint density at radius 1 is 1.15 bits per heavy atom. The van der Waals surface area contributed by atoms with E-state index in [1.165, 1.54) is 36.4 Å². The Hall–Kier alpha value is -3.61. The molecule has 0 aliphatic carbocycles. The Morgan fingerprint density at radius 2 is 1.85 bits per heavy atom. The van der Waals surface area contributed by atoms with Gasteiger partial charge in [0, 0.05) is 5.56 Å². The first-order valence-electron chi connectivity index (χ1n) is 7.93. The Bertz CT molecular complexity index is 902. The number of ether oxygens (including phenoxy) is 1. The number of esters is 1. The fraction of sp³-hybridized carbons (Fsp3) is 0.105. The van der Waals surface area contributed by atoms with Crippen LogP contribution in [0, 0.1) is 0 Å². The third-order valence-electron chi connectivity index (χ3n) is 3.76. The van der Waals surface area contributed by atoms with Gasteiger partial charge in [0.15, 0.2) is 0 Å². The number of hydrazine groups is 1. The number of phenolic OH excluding ortho intramolecular Hbond substituents is 1. The molecule has 0 atom stereocenters. The van der Waals surface area contributed by atoms with Crippen molar-refractivity contribution >= 4 is 29.5 Å². The predicted molar refractivity (Wildman–Crippen MR) is 94.1 cm³/mol. The predicted octanol–water partition coefficient (Wildman–Crippen LogP) is 2.03. The molecular weight excluding hydrogens is 336 g/mol. The highest BCUT2D eigenvalue weighted by atomic mass is 16.5. The van der Waals surface area contributed by atoms with Gasteiger partial charge in [0.1, 0.15) is 11.3 Å². The zero-order valence-electron chi connectivity index (χ0n) is 13.9. The van der Waals surface area contributed by atoms with E-state index in [1.54, 1.807) is 25.1 Å². The molecule has 0 aromatic heterocycles. The molecular formula is C19H16N2O5. The first kappa shape index (κ1) is 17.2. The standard InChI is InChI=1S/C19H16N2O5/c1-2-26-19(25)12-7-9-14(10-8-12)21-18(24)15(17(23)20-21)11-13-5-3-4-6-16(13)22/h3-11,22H,2H2,1H3,(H,20,23)/b15-11-. The number of nitrogens with one attached hydrogen (secondary N) is 1. The molecule has 2 aromatic carbocycles. The Balaban J connectivity index is 1.85. The number of amides is 2. The van der Waals surface area contributed by atoms with E-state index < -0.39 is 17.8 Å². The van der Waals surface area contributed by atoms with Crippen LogP contribution in [0.15, 0.2) is 54.1 Å². The molecule has 7 heteroatoms. The average Bonchev–Trinajstić information content (AvgIpc) is 2.92. The highest BCUT2D eigenvalue weighted by molar-refractivity contribution is 6.31. The molecule has 132 valence electrons. The summed E-state index contributed by atoms with van der Waals surface area (Å²) in [6, 6.07) is 12.5. The van der Waals surface area contributed by atoms with Crippen LogP contribution in [-0.4, -0.2) is 29.5 Å². The zero-order chi connectivity index (χ0) is 18.7. The van der Waals surface area contributed by atoms with Crippen LogP contribution >= 0.6 is 0 Å². The maximum Gasteiger partial charge on any atom is 0.338 e. The second-order valence-corrected chi connectivity index (χ2v) is 5.47. The number of phenols is 1. The van der Waals surface area contributed by atoms with E-state index in [9.17, 15) is 19.5 Å². The minimum absolute atomic E-state index is 0.0298. The van der Waals surface area contributed by atoms with E-state index >= 15 is 0 Å². The van der Waals surface area contributed by atoms with Crippen molar-refractivity contribution in [2.45, 2.75) is 6.92 Å². The molecule has 2 amide bonds. The van der Waals surface area contributed by atoms with Crippen LogP contribution in [-0.2, 0) is 14.3 Å². The van der Waals surface area contributed by atoms with Crippen molar-refractivity contribution in [2.75, 3.05) is 11.6 Å². The van der Waals surface area contributed by atoms with Gasteiger partial charge in [-0.1, -0.05) is 18.2 Å². The highest BCUT2D eigenvalue weighted by Crippen LogP contribution is 2.24. The van der Waals surface area contributed by atoms with Crippen LogP contribution < -0.4 is 10.4 Å². The molecule has 2 aromatic rings. The number of nitrogens with zero attached hydrogens (tertiary/aromatic N) is 1. The minimum atomic E-state index is -0.576. The average molecular weight is 352 g/mol. The minimum Gasteiger partial charge on any atom is -0.507 e. The van der Waals surface area contributed by atoms with Crippen LogP contribution in [0.1, 0.15) is 22.8 Å². The number of carbonyl (C=O) groups is 3. The SMILES string of the molecule is CCOC(=O)c1ccc(N2NC(=O)/C(=C/c3ccccc3O)C2=O)cc1. The molecule has 1 heterocycles. The summed E-state index contributed by atoms with van der Waals surface area (Å²) in [5.74, 6) is -1.62. The van der Waals surface area contributed by atoms with Crippen molar-refractivity contribution in [1.82, 2.24) is 5.43 Å². The Morgan fingerprint density at radius 3 is 2.50 bits per heavy atom. The number of hydrogen-bond acceptors (Lipinski definition) is 5. The van der Waals surface area contributed by atoms with E-state index in [2.05, 4.69) is 5.43 Å². The molecule has 3 rings (SSSR count). The summed E-state index contributed by atoms with van der Waals surface area (Å²) in [5, 5.41) is 10.9. The lowest BCUT2D eigenvalue weighted by atomic mass is 10.1. The molecule has 1 saturated heterocycles. The van der Waals surface area contributed by atoms with Crippen LogP contribution in [0.5, 0.6) is 5.75 Å². The van der Waals surface area contributed by atoms with Crippen LogP contribution in [0.4, 0.5) is 5.69 Å². The maximum atomic E-state index is 12.6. The summed E-state index contributed by atoms with van der Waals surface area (Å²) in [6.07, 6.45) is 1.33. The van der Waals surface area contributed by atoms with E-state index in [1.807, 2.05) is 0 Å². The molecule has 0 radical (unpaired) electrons. The highest BCUT2D eigenvalue weighted by Gasteiger charge is 2.34. The second-order valence-electron chi connectivity index (χ2n) is 5.47. The summed E-state index contributed by atoms with van der Waals surface area (Å²) in [6.45, 7) is 1.98. The lowest BCUT2D eigenvalue weighted by molar-refractivity contribution is -0.117.